The number of nitrogens with one attached hydrogen (secondary N) is 1. The van der Waals surface area contributed by atoms with Crippen LogP contribution in [0.25, 0.3) is 0 Å². The number of hydrogen-bond donors (Lipinski definition) is 1. The van der Waals surface area contributed by atoms with E-state index in [4.69, 9.17) is 4.74 Å². The third-order valence-electron chi connectivity index (χ3n) is 6.13. The van der Waals surface area contributed by atoms with E-state index in [-0.39, 0.29) is 16.2 Å². The van der Waals surface area contributed by atoms with Crippen molar-refractivity contribution in [2.45, 2.75) is 29.1 Å². The molecule has 0 saturated carbocycles. The number of carbonyl (C=O) groups excluding carboxylic acids is 1. The van der Waals surface area contributed by atoms with Gasteiger partial charge in [-0.15, -0.1) is 11.3 Å². The number of benzene rings is 2. The van der Waals surface area contributed by atoms with Crippen molar-refractivity contribution in [2.24, 2.45) is 5.41 Å². The molecule has 1 unspecified atom stereocenters. The fourth-order valence-corrected chi connectivity index (χ4v) is 6.58. The van der Waals surface area contributed by atoms with Crippen molar-refractivity contribution in [3.8, 4) is 0 Å². The number of fused-ring (bicyclic) bond motifs is 2. The van der Waals surface area contributed by atoms with Gasteiger partial charge in [0.05, 0.1) is 40.3 Å². The van der Waals surface area contributed by atoms with Gasteiger partial charge in [0.1, 0.15) is 0 Å². The van der Waals surface area contributed by atoms with Crippen LogP contribution in [0, 0.1) is 5.41 Å². The van der Waals surface area contributed by atoms with E-state index in [2.05, 4.69) is 17.2 Å². The zero-order valence-electron chi connectivity index (χ0n) is 17.7. The number of ether oxygens (including phenoxy) is 1. The second-order valence-corrected chi connectivity index (χ2v) is 11.4. The lowest BCUT2D eigenvalue weighted by atomic mass is 9.76. The van der Waals surface area contributed by atoms with Crippen molar-refractivity contribution < 1.29 is 17.9 Å². The summed E-state index contributed by atoms with van der Waals surface area (Å²) in [5, 5.41) is 5.26. The molecule has 0 spiro atoms. The average Bonchev–Trinajstić information content (AvgIpc) is 3.27. The summed E-state index contributed by atoms with van der Waals surface area (Å²) in [6.07, 6.45) is 2.24. The Labute approximate surface area is 191 Å². The van der Waals surface area contributed by atoms with Crippen molar-refractivity contribution >= 4 is 43.6 Å². The standard InChI is InChI=1S/C23H23N3O4S2/c1-23(13-30-14-23)12-16(21(27)25-22-24-9-10-31-22)15-7-8-20-18(11-15)26(2)17-5-3-4-6-19(17)32(20,28)29/h3-11,16H,12-14H2,1-2H3,(H,24,25,27). The molecule has 1 amide bonds. The zero-order valence-corrected chi connectivity index (χ0v) is 19.4. The highest BCUT2D eigenvalue weighted by Crippen LogP contribution is 2.45. The number of para-hydroxylation sites is 1. The summed E-state index contributed by atoms with van der Waals surface area (Å²) in [5.41, 5.74) is 1.86. The fraction of sp³-hybridized carbons (Fsp3) is 0.304. The molecule has 0 radical (unpaired) electrons. The smallest absolute Gasteiger partial charge is 0.233 e. The van der Waals surface area contributed by atoms with Crippen LogP contribution in [0.5, 0.6) is 0 Å². The average molecular weight is 470 g/mol. The summed E-state index contributed by atoms with van der Waals surface area (Å²) in [6, 6.07) is 12.2. The molecular formula is C23H23N3O4S2. The Bertz CT molecular complexity index is 1280. The molecule has 2 aliphatic rings. The topological polar surface area (TPSA) is 88.6 Å². The van der Waals surface area contributed by atoms with E-state index in [0.29, 0.717) is 41.0 Å². The van der Waals surface area contributed by atoms with Gasteiger partial charge in [-0.2, -0.15) is 0 Å². The molecule has 2 aliphatic heterocycles. The first-order chi connectivity index (χ1) is 15.3. The second-order valence-electron chi connectivity index (χ2n) is 8.64. The van der Waals surface area contributed by atoms with Gasteiger partial charge in [-0.3, -0.25) is 4.79 Å². The molecule has 1 aromatic heterocycles. The molecule has 0 bridgehead atoms. The van der Waals surface area contributed by atoms with E-state index in [0.717, 1.165) is 5.56 Å². The number of nitrogens with zero attached hydrogens (tertiary/aromatic N) is 2. The summed E-state index contributed by atoms with van der Waals surface area (Å²) in [6.45, 7) is 3.30. The number of carbonyl (C=O) groups is 1. The van der Waals surface area contributed by atoms with Gasteiger partial charge in [0.25, 0.3) is 0 Å². The Morgan fingerprint density at radius 2 is 1.97 bits per heavy atom. The molecular weight excluding hydrogens is 446 g/mol. The molecule has 166 valence electrons. The van der Waals surface area contributed by atoms with Gasteiger partial charge >= 0.3 is 0 Å². The maximum atomic E-state index is 13.3. The minimum atomic E-state index is -3.64. The monoisotopic (exact) mass is 469 g/mol. The van der Waals surface area contributed by atoms with Gasteiger partial charge in [-0.25, -0.2) is 13.4 Å². The molecule has 9 heteroatoms. The normalized spacial score (nSPS) is 18.8. The summed E-state index contributed by atoms with van der Waals surface area (Å²) >= 11 is 1.36. The minimum absolute atomic E-state index is 0.106. The summed E-state index contributed by atoms with van der Waals surface area (Å²) in [5.74, 6) is -0.624. The van der Waals surface area contributed by atoms with Crippen molar-refractivity contribution in [1.29, 1.82) is 0 Å². The van der Waals surface area contributed by atoms with Crippen LogP contribution < -0.4 is 10.2 Å². The van der Waals surface area contributed by atoms with Gasteiger partial charge < -0.3 is 15.0 Å². The fourth-order valence-electron chi connectivity index (χ4n) is 4.35. The lowest BCUT2D eigenvalue weighted by molar-refractivity contribution is -0.126. The highest BCUT2D eigenvalue weighted by atomic mass is 32.2. The van der Waals surface area contributed by atoms with Crippen molar-refractivity contribution in [1.82, 2.24) is 4.98 Å². The zero-order chi connectivity index (χ0) is 22.5. The van der Waals surface area contributed by atoms with Crippen LogP contribution in [0.4, 0.5) is 16.5 Å². The van der Waals surface area contributed by atoms with E-state index in [1.807, 2.05) is 29.5 Å². The Hall–Kier alpha value is -2.75. The third-order valence-corrected chi connectivity index (χ3v) is 8.67. The van der Waals surface area contributed by atoms with Crippen LogP contribution in [0.15, 0.2) is 63.8 Å². The molecule has 3 aromatic rings. The molecule has 3 heterocycles. The first kappa shape index (κ1) is 21.1. The molecule has 1 atom stereocenters. The number of hydrogen-bond acceptors (Lipinski definition) is 7. The van der Waals surface area contributed by atoms with Gasteiger partial charge in [-0.1, -0.05) is 25.1 Å². The Kier molecular flexibility index (Phi) is 5.07. The van der Waals surface area contributed by atoms with Crippen LogP contribution in [-0.4, -0.2) is 39.6 Å². The molecule has 7 nitrogen and oxygen atoms in total. The summed E-state index contributed by atoms with van der Waals surface area (Å²) in [4.78, 5) is 19.9. The van der Waals surface area contributed by atoms with Gasteiger partial charge in [0.15, 0.2) is 5.13 Å². The number of amides is 1. The van der Waals surface area contributed by atoms with E-state index in [1.165, 1.54) is 11.3 Å². The molecule has 1 N–H and O–H groups in total. The van der Waals surface area contributed by atoms with Crippen molar-refractivity contribution in [2.75, 3.05) is 30.5 Å². The lowest BCUT2D eigenvalue weighted by Crippen LogP contribution is -2.42. The van der Waals surface area contributed by atoms with E-state index < -0.39 is 15.8 Å². The number of anilines is 3. The van der Waals surface area contributed by atoms with Gasteiger partial charge in [0, 0.05) is 24.0 Å². The predicted molar refractivity (Wildman–Crippen MR) is 123 cm³/mol. The van der Waals surface area contributed by atoms with Crippen LogP contribution in [0.2, 0.25) is 0 Å². The lowest BCUT2D eigenvalue weighted by Gasteiger charge is -2.40. The van der Waals surface area contributed by atoms with Gasteiger partial charge in [-0.05, 0) is 36.2 Å². The predicted octanol–water partition coefficient (Wildman–Crippen LogP) is 4.21. The van der Waals surface area contributed by atoms with E-state index in [9.17, 15) is 13.2 Å². The van der Waals surface area contributed by atoms with Crippen LogP contribution >= 0.6 is 11.3 Å². The minimum Gasteiger partial charge on any atom is -0.380 e. The van der Waals surface area contributed by atoms with Crippen molar-refractivity contribution in [3.63, 3.8) is 0 Å². The molecule has 5 rings (SSSR count). The Morgan fingerprint density at radius 1 is 1.22 bits per heavy atom. The van der Waals surface area contributed by atoms with Crippen LogP contribution in [0.3, 0.4) is 0 Å². The Morgan fingerprint density at radius 3 is 2.66 bits per heavy atom. The number of rotatable bonds is 5. The molecule has 0 aliphatic carbocycles. The highest BCUT2D eigenvalue weighted by molar-refractivity contribution is 7.92. The Balaban J connectivity index is 1.56. The maximum Gasteiger partial charge on any atom is 0.233 e. The van der Waals surface area contributed by atoms with E-state index in [1.54, 1.807) is 36.5 Å². The van der Waals surface area contributed by atoms with Crippen molar-refractivity contribution in [3.05, 3.63) is 59.6 Å². The summed E-state index contributed by atoms with van der Waals surface area (Å²) < 4.78 is 31.8. The first-order valence-corrected chi connectivity index (χ1v) is 12.6. The quantitative estimate of drug-likeness (QED) is 0.602. The highest BCUT2D eigenvalue weighted by Gasteiger charge is 2.40. The van der Waals surface area contributed by atoms with E-state index >= 15 is 0 Å². The largest absolute Gasteiger partial charge is 0.380 e. The molecule has 32 heavy (non-hydrogen) atoms. The van der Waals surface area contributed by atoms with Gasteiger partial charge in [0.2, 0.25) is 15.7 Å². The molecule has 1 saturated heterocycles. The number of aromatic nitrogens is 1. The number of thiazole rings is 1. The maximum absolute atomic E-state index is 13.3. The van der Waals surface area contributed by atoms with Crippen LogP contribution in [0.1, 0.15) is 24.8 Å². The number of sulfone groups is 1. The van der Waals surface area contributed by atoms with Crippen LogP contribution in [-0.2, 0) is 19.4 Å². The second kappa shape index (κ2) is 7.68. The molecule has 1 fully saturated rings. The first-order valence-electron chi connectivity index (χ1n) is 10.3. The summed E-state index contributed by atoms with van der Waals surface area (Å²) in [7, 11) is -1.79. The molecule has 2 aromatic carbocycles. The SMILES string of the molecule is CN1c2ccccc2S(=O)(=O)c2ccc(C(CC3(C)COC3)C(=O)Nc3nccs3)cc21. The third kappa shape index (κ3) is 3.50.